The Kier molecular flexibility index (Phi) is 8.52. The molecule has 0 saturated carbocycles. The molecule has 1 heterocycles. The van der Waals surface area contributed by atoms with E-state index in [1.165, 1.54) is 6.07 Å². The molecule has 38 heavy (non-hydrogen) atoms. The molecule has 0 unspecified atom stereocenters. The van der Waals surface area contributed by atoms with Crippen molar-refractivity contribution in [3.63, 3.8) is 0 Å². The van der Waals surface area contributed by atoms with E-state index >= 15 is 0 Å². The van der Waals surface area contributed by atoms with Gasteiger partial charge in [0.1, 0.15) is 17.2 Å². The van der Waals surface area contributed by atoms with E-state index < -0.39 is 17.7 Å². The summed E-state index contributed by atoms with van der Waals surface area (Å²) in [7, 11) is 1.56. The van der Waals surface area contributed by atoms with E-state index in [9.17, 15) is 18.0 Å². The summed E-state index contributed by atoms with van der Waals surface area (Å²) in [6.07, 6.45) is -3.82. The summed E-state index contributed by atoms with van der Waals surface area (Å²) >= 11 is 5.78. The van der Waals surface area contributed by atoms with Crippen molar-refractivity contribution in [1.82, 2.24) is 4.57 Å². The lowest BCUT2D eigenvalue weighted by Gasteiger charge is -2.14. The summed E-state index contributed by atoms with van der Waals surface area (Å²) in [5, 5.41) is 0.702. The van der Waals surface area contributed by atoms with Gasteiger partial charge in [0.05, 0.1) is 25.9 Å². The lowest BCUT2D eigenvalue weighted by molar-refractivity contribution is -0.137. The number of hydrogen-bond acceptors (Lipinski definition) is 4. The van der Waals surface area contributed by atoms with Crippen molar-refractivity contribution in [2.24, 2.45) is 0 Å². The Morgan fingerprint density at radius 3 is 2.39 bits per heavy atom. The molecule has 0 aliphatic heterocycles. The third kappa shape index (κ3) is 5.91. The molecular formula is C29H27ClF3NO4. The highest BCUT2D eigenvalue weighted by Crippen LogP contribution is 2.39. The summed E-state index contributed by atoms with van der Waals surface area (Å²) in [5.74, 6) is 1.11. The summed E-state index contributed by atoms with van der Waals surface area (Å²) in [5.41, 5.74) is 1.85. The zero-order valence-corrected chi connectivity index (χ0v) is 21.7. The lowest BCUT2D eigenvalue weighted by atomic mass is 10.0. The zero-order valence-electron chi connectivity index (χ0n) is 21.0. The van der Waals surface area contributed by atoms with Crippen LogP contribution in [0, 0.1) is 0 Å². The van der Waals surface area contributed by atoms with Crippen LogP contribution in [0.4, 0.5) is 13.2 Å². The van der Waals surface area contributed by atoms with Crippen molar-refractivity contribution in [3.8, 4) is 22.6 Å². The number of hydrogen-bond donors (Lipinski definition) is 0. The van der Waals surface area contributed by atoms with Gasteiger partial charge in [-0.3, -0.25) is 0 Å². The molecule has 3 aromatic carbocycles. The van der Waals surface area contributed by atoms with Gasteiger partial charge in [-0.2, -0.15) is 13.2 Å². The average Bonchev–Trinajstić information content (AvgIpc) is 3.22. The Bertz CT molecular complexity index is 1410. The van der Waals surface area contributed by atoms with Gasteiger partial charge >= 0.3 is 12.1 Å². The maximum atomic E-state index is 13.4. The molecule has 0 atom stereocenters. The molecule has 1 aromatic heterocycles. The van der Waals surface area contributed by atoms with Crippen molar-refractivity contribution >= 4 is 28.5 Å². The molecule has 0 spiro atoms. The number of aromatic nitrogens is 1. The summed E-state index contributed by atoms with van der Waals surface area (Å²) < 4.78 is 58.5. The lowest BCUT2D eigenvalue weighted by Crippen LogP contribution is -2.14. The van der Waals surface area contributed by atoms with Gasteiger partial charge in [-0.1, -0.05) is 24.3 Å². The standard InChI is InChI=1S/C29H27ClF3NO4/c1-3-37-28(35)27-26(20-8-10-22(36-2)11-9-20)24-17-23(38-15-5-14-30)12-13-25(24)34(27)18-19-6-4-7-21(16-19)29(31,32)33/h4,6-13,16-17H,3,5,14-15,18H2,1-2H3. The predicted molar refractivity (Wildman–Crippen MR) is 141 cm³/mol. The number of benzene rings is 3. The Labute approximate surface area is 223 Å². The topological polar surface area (TPSA) is 49.7 Å². The first kappa shape index (κ1) is 27.4. The second-order valence-electron chi connectivity index (χ2n) is 8.53. The summed E-state index contributed by atoms with van der Waals surface area (Å²) in [6, 6.07) is 17.7. The van der Waals surface area contributed by atoms with Crippen molar-refractivity contribution in [2.75, 3.05) is 26.2 Å². The van der Waals surface area contributed by atoms with E-state index in [1.54, 1.807) is 48.9 Å². The second-order valence-corrected chi connectivity index (χ2v) is 8.90. The minimum Gasteiger partial charge on any atom is -0.497 e. The highest BCUT2D eigenvalue weighted by atomic mass is 35.5. The molecule has 0 N–H and O–H groups in total. The number of methoxy groups -OCH3 is 1. The van der Waals surface area contributed by atoms with Crippen molar-refractivity contribution < 1.29 is 32.2 Å². The number of nitrogens with zero attached hydrogens (tertiary/aromatic N) is 1. The fourth-order valence-electron chi connectivity index (χ4n) is 4.32. The van der Waals surface area contributed by atoms with Crippen molar-refractivity contribution in [1.29, 1.82) is 0 Å². The molecule has 0 aliphatic rings. The van der Waals surface area contributed by atoms with Crippen LogP contribution < -0.4 is 9.47 Å². The van der Waals surface area contributed by atoms with E-state index in [1.807, 2.05) is 18.2 Å². The Morgan fingerprint density at radius 1 is 1.00 bits per heavy atom. The second kappa shape index (κ2) is 11.8. The van der Waals surface area contributed by atoms with Crippen LogP contribution in [-0.2, 0) is 17.5 Å². The van der Waals surface area contributed by atoms with Gasteiger partial charge in [-0.25, -0.2) is 4.79 Å². The first-order chi connectivity index (χ1) is 18.3. The molecule has 0 aliphatic carbocycles. The fraction of sp³-hybridized carbons (Fsp3) is 0.276. The first-order valence-electron chi connectivity index (χ1n) is 12.1. The van der Waals surface area contributed by atoms with E-state index in [4.69, 9.17) is 25.8 Å². The number of alkyl halides is 4. The monoisotopic (exact) mass is 545 g/mol. The summed E-state index contributed by atoms with van der Waals surface area (Å²) in [6.45, 7) is 2.28. The molecule has 0 amide bonds. The van der Waals surface area contributed by atoms with Crippen molar-refractivity contribution in [3.05, 3.63) is 83.6 Å². The summed E-state index contributed by atoms with van der Waals surface area (Å²) in [4.78, 5) is 13.4. The van der Waals surface area contributed by atoms with Crippen LogP contribution in [0.2, 0.25) is 0 Å². The minimum atomic E-state index is -4.48. The normalized spacial score (nSPS) is 11.5. The number of halogens is 4. The molecule has 9 heteroatoms. The van der Waals surface area contributed by atoms with Gasteiger partial charge in [0.25, 0.3) is 0 Å². The number of esters is 1. The molecule has 200 valence electrons. The number of ether oxygens (including phenoxy) is 3. The SMILES string of the molecule is CCOC(=O)c1c(-c2ccc(OC)cc2)c2cc(OCCCCl)ccc2n1Cc1cccc(C(F)(F)F)c1. The Balaban J connectivity index is 1.95. The van der Waals surface area contributed by atoms with Gasteiger partial charge in [-0.15, -0.1) is 11.6 Å². The van der Waals surface area contributed by atoms with Crippen LogP contribution in [0.15, 0.2) is 66.7 Å². The minimum absolute atomic E-state index is 0.0250. The zero-order chi connectivity index (χ0) is 27.3. The molecule has 5 nitrogen and oxygen atoms in total. The van der Waals surface area contributed by atoms with Crippen LogP contribution in [-0.4, -0.2) is 36.7 Å². The fourth-order valence-corrected chi connectivity index (χ4v) is 4.43. The third-order valence-corrected chi connectivity index (χ3v) is 6.29. The van der Waals surface area contributed by atoms with Gasteiger partial charge in [0.2, 0.25) is 0 Å². The molecular weight excluding hydrogens is 519 g/mol. The number of carbonyl (C=O) groups excluding carboxylic acids is 1. The van der Waals surface area contributed by atoms with Gasteiger partial charge < -0.3 is 18.8 Å². The highest BCUT2D eigenvalue weighted by molar-refractivity contribution is 6.17. The molecule has 4 aromatic rings. The van der Waals surface area contributed by atoms with E-state index in [0.717, 1.165) is 17.7 Å². The maximum Gasteiger partial charge on any atom is 0.416 e. The average molecular weight is 546 g/mol. The molecule has 0 radical (unpaired) electrons. The van der Waals surface area contributed by atoms with E-state index in [2.05, 4.69) is 0 Å². The quantitative estimate of drug-likeness (QED) is 0.117. The van der Waals surface area contributed by atoms with E-state index in [0.29, 0.717) is 52.4 Å². The highest BCUT2D eigenvalue weighted by Gasteiger charge is 2.31. The smallest absolute Gasteiger partial charge is 0.416 e. The van der Waals surface area contributed by atoms with Gasteiger partial charge in [0.15, 0.2) is 0 Å². The van der Waals surface area contributed by atoms with Gasteiger partial charge in [-0.05, 0) is 66.9 Å². The molecule has 0 bridgehead atoms. The van der Waals surface area contributed by atoms with Crippen LogP contribution in [0.25, 0.3) is 22.0 Å². The molecule has 4 rings (SSSR count). The maximum absolute atomic E-state index is 13.4. The number of fused-ring (bicyclic) bond motifs is 1. The van der Waals surface area contributed by atoms with Crippen LogP contribution in [0.5, 0.6) is 11.5 Å². The largest absolute Gasteiger partial charge is 0.497 e. The van der Waals surface area contributed by atoms with Gasteiger partial charge in [0, 0.05) is 28.9 Å². The van der Waals surface area contributed by atoms with Crippen molar-refractivity contribution in [2.45, 2.75) is 26.1 Å². The Morgan fingerprint density at radius 2 is 1.74 bits per heavy atom. The van der Waals surface area contributed by atoms with Crippen LogP contribution >= 0.6 is 11.6 Å². The first-order valence-corrected chi connectivity index (χ1v) is 12.6. The van der Waals surface area contributed by atoms with Crippen LogP contribution in [0.3, 0.4) is 0 Å². The molecule has 0 fully saturated rings. The third-order valence-electron chi connectivity index (χ3n) is 6.02. The Hall–Kier alpha value is -3.65. The number of rotatable bonds is 10. The number of carbonyl (C=O) groups is 1. The van der Waals surface area contributed by atoms with E-state index in [-0.39, 0.29) is 18.8 Å². The predicted octanol–water partition coefficient (Wildman–Crippen LogP) is 7.57. The molecule has 0 saturated heterocycles. The van der Waals surface area contributed by atoms with Crippen LogP contribution in [0.1, 0.15) is 35.0 Å².